The van der Waals surface area contributed by atoms with Crippen LogP contribution in [0.2, 0.25) is 0 Å². The summed E-state index contributed by atoms with van der Waals surface area (Å²) in [7, 11) is 1.35. The first-order valence-electron chi connectivity index (χ1n) is 4.87. The van der Waals surface area contributed by atoms with Crippen LogP contribution in [0.1, 0.15) is 5.56 Å². The van der Waals surface area contributed by atoms with Gasteiger partial charge in [-0.3, -0.25) is 4.79 Å². The number of nitrogens with zero attached hydrogens (tertiary/aromatic N) is 2. The van der Waals surface area contributed by atoms with Crippen molar-refractivity contribution in [2.45, 2.75) is 0 Å². The molecule has 1 rings (SSSR count). The average Bonchev–Trinajstić information content (AvgIpc) is 2.28. The molecule has 0 aliphatic heterocycles. The molecule has 0 aliphatic rings. The maximum Gasteiger partial charge on any atom is 0.323 e. The van der Waals surface area contributed by atoms with Crippen LogP contribution in [0.25, 0.3) is 0 Å². The van der Waals surface area contributed by atoms with Crippen LogP contribution in [0, 0.1) is 11.3 Å². The number of rotatable bonds is 3. The van der Waals surface area contributed by atoms with Gasteiger partial charge in [0.15, 0.2) is 0 Å². The maximum atomic E-state index is 11.7. The fourth-order valence-corrected chi connectivity index (χ4v) is 1.56. The van der Waals surface area contributed by atoms with Gasteiger partial charge in [0, 0.05) is 11.5 Å². The lowest BCUT2D eigenvalue weighted by molar-refractivity contribution is -0.137. The number of anilines is 1. The summed E-state index contributed by atoms with van der Waals surface area (Å²) in [5, 5.41) is 19.9. The van der Waals surface area contributed by atoms with Crippen LogP contribution in [0.15, 0.2) is 22.7 Å². The third-order valence-electron chi connectivity index (χ3n) is 2.06. The maximum absolute atomic E-state index is 11.7. The molecule has 0 spiro atoms. The number of aliphatic carboxylic acids is 1. The number of likely N-dealkylation sites (N-methyl/N-ethyl adjacent to an activating group) is 1. The summed E-state index contributed by atoms with van der Waals surface area (Å²) < 4.78 is 0.706. The number of carboxylic acids is 1. The number of halogens is 1. The Bertz CT molecular complexity index is 525. The Hall–Kier alpha value is -2.07. The van der Waals surface area contributed by atoms with E-state index in [1.54, 1.807) is 18.2 Å². The molecule has 0 fully saturated rings. The molecule has 7 heteroatoms. The summed E-state index contributed by atoms with van der Waals surface area (Å²) in [6.45, 7) is -0.415. The molecule has 0 saturated heterocycles. The molecular formula is C11H10BrN3O3. The van der Waals surface area contributed by atoms with Crippen LogP contribution in [0.4, 0.5) is 10.5 Å². The van der Waals surface area contributed by atoms with Crippen molar-refractivity contribution in [2.24, 2.45) is 0 Å². The predicted molar refractivity (Wildman–Crippen MR) is 68.1 cm³/mol. The topological polar surface area (TPSA) is 93.4 Å². The number of nitriles is 1. The number of amides is 2. The van der Waals surface area contributed by atoms with E-state index >= 15 is 0 Å². The molecule has 0 saturated carbocycles. The molecule has 0 aliphatic carbocycles. The highest BCUT2D eigenvalue weighted by molar-refractivity contribution is 9.10. The minimum atomic E-state index is -1.11. The average molecular weight is 312 g/mol. The van der Waals surface area contributed by atoms with Gasteiger partial charge in [-0.25, -0.2) is 4.79 Å². The standard InChI is InChI=1S/C11H10BrN3O3/c1-15(6-10(16)17)11(18)14-9-4-8(12)3-2-7(9)5-13/h2-4H,6H2,1H3,(H,14,18)(H,16,17). The number of hydrogen-bond acceptors (Lipinski definition) is 3. The van der Waals surface area contributed by atoms with Gasteiger partial charge < -0.3 is 15.3 Å². The van der Waals surface area contributed by atoms with Gasteiger partial charge in [0.2, 0.25) is 0 Å². The van der Waals surface area contributed by atoms with Gasteiger partial charge in [-0.15, -0.1) is 0 Å². The first-order chi connectivity index (χ1) is 8.43. The zero-order valence-electron chi connectivity index (χ0n) is 9.48. The zero-order valence-corrected chi connectivity index (χ0v) is 11.1. The molecule has 0 radical (unpaired) electrons. The van der Waals surface area contributed by atoms with Gasteiger partial charge in [-0.1, -0.05) is 15.9 Å². The molecule has 0 bridgehead atoms. The number of nitrogens with one attached hydrogen (secondary N) is 1. The van der Waals surface area contributed by atoms with E-state index in [-0.39, 0.29) is 0 Å². The lowest BCUT2D eigenvalue weighted by Gasteiger charge is -2.16. The van der Waals surface area contributed by atoms with E-state index in [2.05, 4.69) is 21.2 Å². The van der Waals surface area contributed by atoms with Crippen molar-refractivity contribution in [1.29, 1.82) is 5.26 Å². The highest BCUT2D eigenvalue weighted by atomic mass is 79.9. The van der Waals surface area contributed by atoms with Crippen LogP contribution in [-0.4, -0.2) is 35.6 Å². The fraction of sp³-hybridized carbons (Fsp3) is 0.182. The normalized spacial score (nSPS) is 9.39. The molecule has 1 aromatic rings. The lowest BCUT2D eigenvalue weighted by Crippen LogP contribution is -2.35. The van der Waals surface area contributed by atoms with Crippen molar-refractivity contribution in [1.82, 2.24) is 4.90 Å². The molecule has 2 N–H and O–H groups in total. The first-order valence-corrected chi connectivity index (χ1v) is 5.67. The van der Waals surface area contributed by atoms with Gasteiger partial charge in [0.1, 0.15) is 12.6 Å². The number of carbonyl (C=O) groups is 2. The Morgan fingerprint density at radius 1 is 1.56 bits per heavy atom. The molecule has 18 heavy (non-hydrogen) atoms. The number of benzene rings is 1. The number of hydrogen-bond donors (Lipinski definition) is 2. The molecule has 0 heterocycles. The predicted octanol–water partition coefficient (Wildman–Crippen LogP) is 1.87. The third kappa shape index (κ3) is 3.75. The van der Waals surface area contributed by atoms with Crippen LogP contribution in [-0.2, 0) is 4.79 Å². The number of carboxylic acid groups (broad SMARTS) is 1. The van der Waals surface area contributed by atoms with E-state index in [1.807, 2.05) is 6.07 Å². The van der Waals surface area contributed by atoms with Gasteiger partial charge >= 0.3 is 12.0 Å². The third-order valence-corrected chi connectivity index (χ3v) is 2.56. The highest BCUT2D eigenvalue weighted by Gasteiger charge is 2.13. The fourth-order valence-electron chi connectivity index (χ4n) is 1.20. The second kappa shape index (κ2) is 6.02. The largest absolute Gasteiger partial charge is 0.480 e. The van der Waals surface area contributed by atoms with Crippen LogP contribution >= 0.6 is 15.9 Å². The van der Waals surface area contributed by atoms with Crippen molar-refractivity contribution in [3.05, 3.63) is 28.2 Å². The van der Waals surface area contributed by atoms with Gasteiger partial charge in [0.25, 0.3) is 0 Å². The lowest BCUT2D eigenvalue weighted by atomic mass is 10.2. The summed E-state index contributed by atoms with van der Waals surface area (Å²) in [5.74, 6) is -1.11. The van der Waals surface area contributed by atoms with E-state index in [1.165, 1.54) is 7.05 Å². The van der Waals surface area contributed by atoms with Crippen molar-refractivity contribution in [3.63, 3.8) is 0 Å². The Kier molecular flexibility index (Phi) is 4.68. The van der Waals surface area contributed by atoms with Crippen molar-refractivity contribution in [3.8, 4) is 6.07 Å². The van der Waals surface area contributed by atoms with Crippen LogP contribution in [0.3, 0.4) is 0 Å². The van der Waals surface area contributed by atoms with E-state index in [0.717, 1.165) is 4.90 Å². The SMILES string of the molecule is CN(CC(=O)O)C(=O)Nc1cc(Br)ccc1C#N. The monoisotopic (exact) mass is 311 g/mol. The second-order valence-electron chi connectivity index (χ2n) is 3.48. The molecule has 2 amide bonds. The molecule has 6 nitrogen and oxygen atoms in total. The zero-order chi connectivity index (χ0) is 13.7. The molecule has 0 unspecified atom stereocenters. The molecule has 0 atom stereocenters. The Morgan fingerprint density at radius 2 is 2.22 bits per heavy atom. The summed E-state index contributed by atoms with van der Waals surface area (Å²) >= 11 is 3.22. The Morgan fingerprint density at radius 3 is 2.78 bits per heavy atom. The highest BCUT2D eigenvalue weighted by Crippen LogP contribution is 2.21. The summed E-state index contributed by atoms with van der Waals surface area (Å²) in [4.78, 5) is 23.1. The van der Waals surface area contributed by atoms with E-state index in [9.17, 15) is 9.59 Å². The Labute approximate surface area is 112 Å². The molecule has 1 aromatic carbocycles. The van der Waals surface area contributed by atoms with Crippen LogP contribution < -0.4 is 5.32 Å². The van der Waals surface area contributed by atoms with Crippen molar-refractivity contribution < 1.29 is 14.7 Å². The van der Waals surface area contributed by atoms with E-state index in [4.69, 9.17) is 10.4 Å². The van der Waals surface area contributed by atoms with Crippen molar-refractivity contribution in [2.75, 3.05) is 18.9 Å². The smallest absolute Gasteiger partial charge is 0.323 e. The summed E-state index contributed by atoms with van der Waals surface area (Å²) in [6.07, 6.45) is 0. The van der Waals surface area contributed by atoms with Gasteiger partial charge in [-0.2, -0.15) is 5.26 Å². The van der Waals surface area contributed by atoms with Crippen LogP contribution in [0.5, 0.6) is 0 Å². The quantitative estimate of drug-likeness (QED) is 0.891. The van der Waals surface area contributed by atoms with E-state index in [0.29, 0.717) is 15.7 Å². The van der Waals surface area contributed by atoms with Gasteiger partial charge in [-0.05, 0) is 18.2 Å². The summed E-state index contributed by atoms with van der Waals surface area (Å²) in [6, 6.07) is 6.15. The number of urea groups is 1. The Balaban J connectivity index is 2.85. The van der Waals surface area contributed by atoms with Gasteiger partial charge in [0.05, 0.1) is 11.3 Å². The first kappa shape index (κ1) is 14.0. The minimum Gasteiger partial charge on any atom is -0.480 e. The van der Waals surface area contributed by atoms with E-state index < -0.39 is 18.5 Å². The second-order valence-corrected chi connectivity index (χ2v) is 4.40. The molecule has 0 aromatic heterocycles. The minimum absolute atomic E-state index is 0.301. The number of carbonyl (C=O) groups excluding carboxylic acids is 1. The molecule has 94 valence electrons. The summed E-state index contributed by atoms with van der Waals surface area (Å²) in [5.41, 5.74) is 0.629. The van der Waals surface area contributed by atoms with Crippen molar-refractivity contribution >= 4 is 33.6 Å². The molecular weight excluding hydrogens is 302 g/mol.